The molecule has 27 heteroatoms. The van der Waals surface area contributed by atoms with Gasteiger partial charge >= 0.3 is 0 Å². The second-order valence-electron chi connectivity index (χ2n) is 35.7. The summed E-state index contributed by atoms with van der Waals surface area (Å²) in [6.07, 6.45) is 15.2. The first-order valence-electron chi connectivity index (χ1n) is 45.2. The summed E-state index contributed by atoms with van der Waals surface area (Å²) in [4.78, 5) is 60.8. The van der Waals surface area contributed by atoms with Crippen molar-refractivity contribution in [2.75, 3.05) is 79.8 Å². The highest BCUT2D eigenvalue weighted by molar-refractivity contribution is 6.31. The van der Waals surface area contributed by atoms with Crippen molar-refractivity contribution in [2.24, 2.45) is 14.1 Å². The number of aromatic nitrogens is 6. The summed E-state index contributed by atoms with van der Waals surface area (Å²) < 4.78 is 82.4. The lowest BCUT2D eigenvalue weighted by molar-refractivity contribution is -0.141. The molecule has 4 amide bonds. The fraction of sp³-hybridized carbons (Fsp3) is 0.365. The van der Waals surface area contributed by atoms with E-state index in [-0.39, 0.29) is 43.1 Å². The van der Waals surface area contributed by atoms with Crippen LogP contribution < -0.4 is 37.9 Å². The van der Waals surface area contributed by atoms with Gasteiger partial charge in [-0.05, 0) is 198 Å². The quantitative estimate of drug-likeness (QED) is 0.105. The van der Waals surface area contributed by atoms with Crippen LogP contribution >= 0.6 is 23.2 Å². The number of methoxy groups -OCH3 is 2. The van der Waals surface area contributed by atoms with Crippen molar-refractivity contribution in [2.45, 2.75) is 153 Å². The number of likely N-dealkylation sites (tertiary alicyclic amines) is 4. The molecule has 21 rings (SSSR count). The summed E-state index contributed by atoms with van der Waals surface area (Å²) >= 11 is 12.3. The van der Waals surface area contributed by atoms with Gasteiger partial charge < -0.3 is 76.1 Å². The maximum Gasteiger partial charge on any atom is 0.257 e. The smallest absolute Gasteiger partial charge is 0.257 e. The van der Waals surface area contributed by atoms with E-state index in [0.29, 0.717) is 147 Å². The molecular weight excluding hydrogens is 1700 g/mol. The third-order valence-corrected chi connectivity index (χ3v) is 27.3. The summed E-state index contributed by atoms with van der Waals surface area (Å²) in [7, 11) is 7.06. The Balaban J connectivity index is 0.000000123. The van der Waals surface area contributed by atoms with Crippen LogP contribution in [0.25, 0.3) is 33.9 Å². The second-order valence-corrected chi connectivity index (χ2v) is 36.6. The highest BCUT2D eigenvalue weighted by atomic mass is 35.5. The first-order chi connectivity index (χ1) is 63.2. The largest absolute Gasteiger partial charge is 0.496 e. The molecule has 682 valence electrons. The standard InChI is InChI=1S/C29H31FN2O6.C26H27ClN2O2.C26H29N3O4.C23H22ClN3O2.H2/c1-28(2)36-18-21(37-28)17-35-23-9-6-19(15-25(23)34-3)27(33)31-13-10-29(11-14-31)26-5-4-12-32(26)22-8-7-20(30)16-24(22)38-29;1-3-18-14-19(4-2)16-20(15-18)25(30)28-12-9-26(10-13-28)24-6-5-11-29(24)22-8-7-21(27)17-23(22)31-26;1-17(2)32-18-9-10-20(23(15-18)31-4)25(30)29-13-11-26(12-14-29)21-16-27-28(3)24(21)19-7-5-6-8-22(19)33-26;1-15-13-16(24)7-8-17(15)22(28)27-11-9-23(10-12-27)19-14-25-26(2)21(19)18-5-3-4-6-20(18)29-23;/h4-9,12,15-16,21H,10-11,13-14,17-18H2,1-3H3;5-8,11,14-17H,3-4,9-10,12-13H2,1-2H3;5-10,15-17H,11-14H2,1-4H3;3-8,13-14H,9-12H2,1-2H3;1H. The molecule has 13 heterocycles. The van der Waals surface area contributed by atoms with Crippen LogP contribution in [0.5, 0.6) is 46.0 Å². The van der Waals surface area contributed by atoms with Crippen LogP contribution in [0.1, 0.15) is 175 Å². The summed E-state index contributed by atoms with van der Waals surface area (Å²) in [5, 5.41) is 10.4. The number of benzene rings is 8. The molecule has 0 bridgehead atoms. The van der Waals surface area contributed by atoms with E-state index < -0.39 is 28.2 Å². The topological polar surface area (TPSA) is 219 Å². The highest BCUT2D eigenvalue weighted by Crippen LogP contribution is 2.54. The van der Waals surface area contributed by atoms with Gasteiger partial charge in [-0.15, -0.1) is 0 Å². The number of para-hydroxylation sites is 2. The van der Waals surface area contributed by atoms with E-state index in [2.05, 4.69) is 69.7 Å². The molecule has 1 unspecified atom stereocenters. The second kappa shape index (κ2) is 36.3. The van der Waals surface area contributed by atoms with Crippen LogP contribution in [-0.2, 0) is 58.8 Å². The van der Waals surface area contributed by atoms with Crippen LogP contribution in [-0.4, -0.2) is 170 Å². The molecule has 5 fully saturated rings. The lowest BCUT2D eigenvalue weighted by atomic mass is 9.81. The van der Waals surface area contributed by atoms with E-state index in [1.165, 1.54) is 23.3 Å². The SMILES string of the molecule is CCc1cc(CC)cc(C(=O)N2CCC3(CC2)Oc2cc(Cl)ccc2-n2cccc23)c1.COc1cc(C(=O)N2CCC3(CC2)Oc2cc(F)ccc2-n2cccc23)ccc1OCC1COC(C)(C)O1.COc1cc(OC(C)C)ccc1C(=O)N1CCC2(CC1)Oc1ccccc1-c1c2cnn1C.Cc1cc(Cl)ccc1C(=O)N1CCC2(CC1)Oc1ccccc1-c1c2cnn1C.[HH]. The van der Waals surface area contributed by atoms with Crippen LogP contribution in [0.4, 0.5) is 4.39 Å². The molecular formula is C104H111Cl2FN10O14. The Kier molecular flexibility index (Phi) is 24.7. The molecule has 24 nitrogen and oxygen atoms in total. The van der Waals surface area contributed by atoms with E-state index in [1.54, 1.807) is 56.7 Å². The van der Waals surface area contributed by atoms with E-state index >= 15 is 0 Å². The molecule has 5 saturated heterocycles. The Morgan fingerprint density at radius 3 is 1.48 bits per heavy atom. The van der Waals surface area contributed by atoms with Crippen molar-refractivity contribution in [3.8, 4) is 79.9 Å². The van der Waals surface area contributed by atoms with Crippen molar-refractivity contribution < 1.29 is 72.4 Å². The monoisotopic (exact) mass is 1810 g/mol. The Bertz CT molecular complexity index is 6300. The lowest BCUT2D eigenvalue weighted by Gasteiger charge is -2.45. The van der Waals surface area contributed by atoms with Gasteiger partial charge in [0, 0.05) is 199 Å². The zero-order chi connectivity index (χ0) is 91.4. The summed E-state index contributed by atoms with van der Waals surface area (Å²) in [5.74, 6) is 4.41. The van der Waals surface area contributed by atoms with Crippen molar-refractivity contribution in [3.05, 3.63) is 284 Å². The zero-order valence-electron chi connectivity index (χ0n) is 75.7. The van der Waals surface area contributed by atoms with Crippen LogP contribution in [0.2, 0.25) is 10.0 Å². The number of piperidine rings is 4. The van der Waals surface area contributed by atoms with Crippen LogP contribution in [0, 0.1) is 12.7 Å². The van der Waals surface area contributed by atoms with Gasteiger partial charge in [-0.3, -0.25) is 28.5 Å². The van der Waals surface area contributed by atoms with E-state index in [1.807, 2.05) is 193 Å². The number of ether oxygens (including phenoxy) is 10. The molecule has 0 aliphatic carbocycles. The number of halogens is 3. The van der Waals surface area contributed by atoms with Crippen molar-refractivity contribution >= 4 is 46.8 Å². The van der Waals surface area contributed by atoms with Crippen molar-refractivity contribution in [1.82, 2.24) is 48.3 Å². The predicted octanol–water partition coefficient (Wildman–Crippen LogP) is 19.7. The third-order valence-electron chi connectivity index (χ3n) is 26.8. The van der Waals surface area contributed by atoms with Crippen molar-refractivity contribution in [1.29, 1.82) is 0 Å². The normalized spacial score (nSPS) is 17.8. The summed E-state index contributed by atoms with van der Waals surface area (Å²) in [5.41, 5.74) is 14.5. The van der Waals surface area contributed by atoms with Gasteiger partial charge in [0.2, 0.25) is 0 Å². The first-order valence-corrected chi connectivity index (χ1v) is 45.9. The number of rotatable bonds is 13. The molecule has 0 radical (unpaired) electrons. The minimum atomic E-state index is -0.618. The molecule has 4 aromatic heterocycles. The maximum absolute atomic E-state index is 14.0. The number of carbonyl (C=O) groups excluding carboxylic acids is 4. The van der Waals surface area contributed by atoms with Gasteiger partial charge in [0.15, 0.2) is 28.5 Å². The number of hydrogen-bond donors (Lipinski definition) is 0. The number of aryl methyl sites for hydroxylation is 5. The third kappa shape index (κ3) is 17.3. The minimum Gasteiger partial charge on any atom is -0.496 e. The summed E-state index contributed by atoms with van der Waals surface area (Å²) in [6, 6.07) is 57.1. The molecule has 4 spiro atoms. The Morgan fingerprint density at radius 1 is 0.496 bits per heavy atom. The van der Waals surface area contributed by atoms with E-state index in [9.17, 15) is 23.6 Å². The van der Waals surface area contributed by atoms with Gasteiger partial charge in [0.1, 0.15) is 64.2 Å². The van der Waals surface area contributed by atoms with Gasteiger partial charge in [0.25, 0.3) is 23.6 Å². The molecule has 1 atom stereocenters. The fourth-order valence-electron chi connectivity index (χ4n) is 20.0. The van der Waals surface area contributed by atoms with Gasteiger partial charge in [-0.1, -0.05) is 67.4 Å². The van der Waals surface area contributed by atoms with Gasteiger partial charge in [-0.25, -0.2) is 4.39 Å². The number of nitrogens with zero attached hydrogens (tertiary/aromatic N) is 10. The molecule has 0 N–H and O–H groups in total. The van der Waals surface area contributed by atoms with Gasteiger partial charge in [0.05, 0.1) is 79.0 Å². The van der Waals surface area contributed by atoms with Gasteiger partial charge in [-0.2, -0.15) is 10.2 Å². The maximum atomic E-state index is 14.0. The molecule has 0 saturated carbocycles. The first kappa shape index (κ1) is 89.1. The number of fused-ring (bicyclic) bond motifs is 16. The molecule has 9 aliphatic heterocycles. The summed E-state index contributed by atoms with van der Waals surface area (Å²) in [6.45, 7) is 19.4. The average Bonchev–Trinajstić information content (AvgIpc) is 1.51. The van der Waals surface area contributed by atoms with Crippen LogP contribution in [0.3, 0.4) is 0 Å². The fourth-order valence-corrected chi connectivity index (χ4v) is 20.3. The van der Waals surface area contributed by atoms with E-state index in [0.717, 1.165) is 123 Å². The number of amides is 4. The minimum absolute atomic E-state index is 0. The van der Waals surface area contributed by atoms with E-state index in [4.69, 9.17) is 70.6 Å². The average molecular weight is 1810 g/mol. The molecule has 9 aliphatic rings. The van der Waals surface area contributed by atoms with Crippen molar-refractivity contribution in [3.63, 3.8) is 0 Å². The zero-order valence-corrected chi connectivity index (χ0v) is 77.3. The Labute approximate surface area is 773 Å². The molecule has 12 aromatic rings. The lowest BCUT2D eigenvalue weighted by Crippen LogP contribution is -2.50. The number of hydrogen-bond acceptors (Lipinski definition) is 16. The predicted molar refractivity (Wildman–Crippen MR) is 499 cm³/mol. The number of carbonyl (C=O) groups is 4. The van der Waals surface area contributed by atoms with Crippen LogP contribution in [0.15, 0.2) is 207 Å². The molecule has 131 heavy (non-hydrogen) atoms. The highest BCUT2D eigenvalue weighted by Gasteiger charge is 2.51. The molecule has 8 aromatic carbocycles. The Morgan fingerprint density at radius 2 is 0.969 bits per heavy atom. The Hall–Kier alpha value is -12.6.